The van der Waals surface area contributed by atoms with E-state index in [-0.39, 0.29) is 11.4 Å². The van der Waals surface area contributed by atoms with Crippen LogP contribution in [0.4, 0.5) is 0 Å². The lowest BCUT2D eigenvalue weighted by atomic mass is 9.76. The number of nitrogens with one attached hydrogen (secondary N) is 2. The van der Waals surface area contributed by atoms with Gasteiger partial charge in [-0.3, -0.25) is 9.89 Å². The fourth-order valence-electron chi connectivity index (χ4n) is 1.72. The van der Waals surface area contributed by atoms with E-state index in [1.54, 1.807) is 6.92 Å². The average molecular weight is 229 g/mol. The summed E-state index contributed by atoms with van der Waals surface area (Å²) >= 11 is 5.72. The molecule has 82 valence electrons. The molecule has 0 saturated heterocycles. The van der Waals surface area contributed by atoms with Crippen molar-refractivity contribution in [2.75, 3.05) is 0 Å². The van der Waals surface area contributed by atoms with E-state index >= 15 is 0 Å². The number of carbonyl (C=O) groups excluding carboxylic acids is 1. The average Bonchev–Trinajstić information content (AvgIpc) is 2.63. The largest absolute Gasteiger partial charge is 0.342 e. The number of hydrogen-bond acceptors (Lipinski definition) is 3. The molecule has 15 heavy (non-hydrogen) atoms. The molecule has 0 spiro atoms. The summed E-state index contributed by atoms with van der Waals surface area (Å²) in [4.78, 5) is 15.6. The standard InChI is InChI=1S/C9H13ClN4O/c1-6(10)7(15)13-9(3-2-4-9)8-11-5-12-14-8/h5-6H,2-4H2,1H3,(H,13,15)(H,11,12,14). The second kappa shape index (κ2) is 3.81. The minimum absolute atomic E-state index is 0.159. The predicted octanol–water partition coefficient (Wildman–Crippen LogP) is 0.927. The molecule has 5 nitrogen and oxygen atoms in total. The van der Waals surface area contributed by atoms with Crippen molar-refractivity contribution in [3.05, 3.63) is 12.2 Å². The molecule has 1 amide bonds. The van der Waals surface area contributed by atoms with Crippen LogP contribution >= 0.6 is 11.6 Å². The zero-order chi connectivity index (χ0) is 10.9. The summed E-state index contributed by atoms with van der Waals surface area (Å²) in [6.07, 6.45) is 4.30. The van der Waals surface area contributed by atoms with Crippen LogP contribution in [-0.4, -0.2) is 26.5 Å². The van der Waals surface area contributed by atoms with Gasteiger partial charge in [-0.15, -0.1) is 11.6 Å². The first-order valence-corrected chi connectivity index (χ1v) is 5.40. The van der Waals surface area contributed by atoms with Gasteiger partial charge in [0, 0.05) is 0 Å². The Bertz CT molecular complexity index is 345. The van der Waals surface area contributed by atoms with Crippen LogP contribution in [0.2, 0.25) is 0 Å². The van der Waals surface area contributed by atoms with Crippen molar-refractivity contribution in [2.45, 2.75) is 37.1 Å². The van der Waals surface area contributed by atoms with Gasteiger partial charge in [-0.25, -0.2) is 4.98 Å². The third-order valence-electron chi connectivity index (χ3n) is 2.80. The van der Waals surface area contributed by atoms with Gasteiger partial charge in [0.15, 0.2) is 0 Å². The fraction of sp³-hybridized carbons (Fsp3) is 0.667. The van der Waals surface area contributed by atoms with Crippen LogP contribution in [0.25, 0.3) is 0 Å². The van der Waals surface area contributed by atoms with Crippen LogP contribution < -0.4 is 5.32 Å². The molecular weight excluding hydrogens is 216 g/mol. The minimum atomic E-state index is -0.523. The van der Waals surface area contributed by atoms with E-state index in [0.717, 1.165) is 25.1 Å². The predicted molar refractivity (Wildman–Crippen MR) is 55.4 cm³/mol. The highest BCUT2D eigenvalue weighted by Gasteiger charge is 2.43. The number of amides is 1. The molecule has 1 saturated carbocycles. The van der Waals surface area contributed by atoms with Crippen LogP contribution in [-0.2, 0) is 10.3 Å². The minimum Gasteiger partial charge on any atom is -0.342 e. The number of alkyl halides is 1. The molecule has 1 aromatic rings. The van der Waals surface area contributed by atoms with Crippen LogP contribution in [0, 0.1) is 0 Å². The van der Waals surface area contributed by atoms with Crippen molar-refractivity contribution in [1.29, 1.82) is 0 Å². The lowest BCUT2D eigenvalue weighted by molar-refractivity contribution is -0.123. The molecule has 1 heterocycles. The number of aromatic nitrogens is 3. The first-order chi connectivity index (χ1) is 7.14. The summed E-state index contributed by atoms with van der Waals surface area (Å²) in [5.41, 5.74) is -0.364. The highest BCUT2D eigenvalue weighted by atomic mass is 35.5. The molecule has 0 aromatic carbocycles. The number of H-pyrrole nitrogens is 1. The summed E-state index contributed by atoms with van der Waals surface area (Å²) in [5, 5.41) is 9.01. The van der Waals surface area contributed by atoms with Gasteiger partial charge in [0.2, 0.25) is 5.91 Å². The molecule has 0 bridgehead atoms. The number of rotatable bonds is 3. The number of nitrogens with zero attached hydrogens (tertiary/aromatic N) is 2. The van der Waals surface area contributed by atoms with Crippen molar-refractivity contribution >= 4 is 17.5 Å². The molecule has 1 aromatic heterocycles. The Hall–Kier alpha value is -1.10. The van der Waals surface area contributed by atoms with E-state index in [1.807, 2.05) is 0 Å². The lowest BCUT2D eigenvalue weighted by Crippen LogP contribution is -2.53. The first-order valence-electron chi connectivity index (χ1n) is 4.96. The van der Waals surface area contributed by atoms with Crippen molar-refractivity contribution < 1.29 is 4.79 Å². The Morgan fingerprint density at radius 3 is 2.87 bits per heavy atom. The molecule has 0 aliphatic heterocycles. The maximum absolute atomic E-state index is 11.5. The maximum atomic E-state index is 11.5. The Kier molecular flexibility index (Phi) is 2.65. The van der Waals surface area contributed by atoms with Gasteiger partial charge in [0.05, 0.1) is 5.54 Å². The second-order valence-corrected chi connectivity index (χ2v) is 4.53. The molecule has 1 unspecified atom stereocenters. The normalized spacial score (nSPS) is 20.4. The van der Waals surface area contributed by atoms with E-state index < -0.39 is 5.38 Å². The molecule has 1 fully saturated rings. The summed E-state index contributed by atoms with van der Waals surface area (Å²) in [7, 11) is 0. The van der Waals surface area contributed by atoms with Crippen LogP contribution in [0.5, 0.6) is 0 Å². The molecule has 2 N–H and O–H groups in total. The van der Waals surface area contributed by atoms with E-state index in [9.17, 15) is 4.79 Å². The smallest absolute Gasteiger partial charge is 0.238 e. The summed E-state index contributed by atoms with van der Waals surface area (Å²) in [6.45, 7) is 1.66. The van der Waals surface area contributed by atoms with Gasteiger partial charge in [-0.1, -0.05) is 0 Å². The van der Waals surface area contributed by atoms with E-state index in [0.29, 0.717) is 0 Å². The SMILES string of the molecule is CC(Cl)C(=O)NC1(c2ncn[nH]2)CCC1. The van der Waals surface area contributed by atoms with E-state index in [1.165, 1.54) is 6.33 Å². The summed E-state index contributed by atoms with van der Waals surface area (Å²) in [6, 6.07) is 0. The third kappa shape index (κ3) is 1.84. The molecule has 1 aliphatic carbocycles. The van der Waals surface area contributed by atoms with Crippen molar-refractivity contribution in [3.63, 3.8) is 0 Å². The highest BCUT2D eigenvalue weighted by Crippen LogP contribution is 2.39. The topological polar surface area (TPSA) is 70.7 Å². The third-order valence-corrected chi connectivity index (χ3v) is 3.00. The summed E-state index contributed by atoms with van der Waals surface area (Å²) in [5.74, 6) is 0.562. The van der Waals surface area contributed by atoms with Crippen LogP contribution in [0.3, 0.4) is 0 Å². The van der Waals surface area contributed by atoms with E-state index in [2.05, 4.69) is 20.5 Å². The van der Waals surface area contributed by atoms with Crippen LogP contribution in [0.1, 0.15) is 32.0 Å². The number of aromatic amines is 1. The molecule has 6 heteroatoms. The lowest BCUT2D eigenvalue weighted by Gasteiger charge is -2.40. The zero-order valence-corrected chi connectivity index (χ0v) is 9.21. The Labute approximate surface area is 92.6 Å². The van der Waals surface area contributed by atoms with Gasteiger partial charge in [0.1, 0.15) is 17.5 Å². The van der Waals surface area contributed by atoms with Crippen molar-refractivity contribution in [1.82, 2.24) is 20.5 Å². The van der Waals surface area contributed by atoms with Gasteiger partial charge in [-0.05, 0) is 26.2 Å². The Balaban J connectivity index is 2.13. The Morgan fingerprint density at radius 2 is 2.47 bits per heavy atom. The number of halogens is 1. The fourth-order valence-corrected chi connectivity index (χ4v) is 1.78. The monoisotopic (exact) mass is 228 g/mol. The molecule has 0 radical (unpaired) electrons. The molecule has 2 rings (SSSR count). The first kappa shape index (κ1) is 10.4. The van der Waals surface area contributed by atoms with Gasteiger partial charge >= 0.3 is 0 Å². The number of carbonyl (C=O) groups is 1. The molecule has 1 aliphatic rings. The Morgan fingerprint density at radius 1 is 1.73 bits per heavy atom. The van der Waals surface area contributed by atoms with Crippen LogP contribution in [0.15, 0.2) is 6.33 Å². The number of hydrogen-bond donors (Lipinski definition) is 2. The highest BCUT2D eigenvalue weighted by molar-refractivity contribution is 6.30. The quantitative estimate of drug-likeness (QED) is 0.756. The molecule has 1 atom stereocenters. The van der Waals surface area contributed by atoms with Crippen molar-refractivity contribution in [3.8, 4) is 0 Å². The van der Waals surface area contributed by atoms with Crippen molar-refractivity contribution in [2.24, 2.45) is 0 Å². The molecular formula is C9H13ClN4O. The van der Waals surface area contributed by atoms with E-state index in [4.69, 9.17) is 11.6 Å². The maximum Gasteiger partial charge on any atom is 0.238 e. The summed E-state index contributed by atoms with van der Waals surface area (Å²) < 4.78 is 0. The van der Waals surface area contributed by atoms with Gasteiger partial charge < -0.3 is 5.32 Å². The second-order valence-electron chi connectivity index (χ2n) is 3.87. The van der Waals surface area contributed by atoms with Gasteiger partial charge in [-0.2, -0.15) is 5.10 Å². The van der Waals surface area contributed by atoms with Gasteiger partial charge in [0.25, 0.3) is 0 Å². The zero-order valence-electron chi connectivity index (χ0n) is 8.46.